The molecular formula is C17H18N4O3. The topological polar surface area (TPSA) is 92.2 Å². The maximum Gasteiger partial charge on any atom is 0.259 e. The molecule has 124 valence electrons. The van der Waals surface area contributed by atoms with Gasteiger partial charge in [-0.2, -0.15) is 5.26 Å². The first kappa shape index (κ1) is 16.0. The molecule has 1 aliphatic rings. The van der Waals surface area contributed by atoms with Crippen molar-refractivity contribution in [2.24, 2.45) is 5.92 Å². The molecule has 7 heteroatoms. The SMILES string of the molecule is Cc1oncc1C(=O)N1CCC(COc2ncccc2C#N)CC1. The van der Waals surface area contributed by atoms with E-state index in [1.54, 1.807) is 25.3 Å². The highest BCUT2D eigenvalue weighted by atomic mass is 16.5. The van der Waals surface area contributed by atoms with Gasteiger partial charge in [-0.1, -0.05) is 5.16 Å². The highest BCUT2D eigenvalue weighted by Crippen LogP contribution is 2.22. The van der Waals surface area contributed by atoms with Crippen molar-refractivity contribution in [3.8, 4) is 11.9 Å². The van der Waals surface area contributed by atoms with Gasteiger partial charge in [-0.05, 0) is 37.8 Å². The number of amides is 1. The van der Waals surface area contributed by atoms with Gasteiger partial charge in [0.1, 0.15) is 23.0 Å². The van der Waals surface area contributed by atoms with Gasteiger partial charge in [-0.3, -0.25) is 4.79 Å². The number of rotatable bonds is 4. The number of nitriles is 1. The van der Waals surface area contributed by atoms with Crippen molar-refractivity contribution in [3.05, 3.63) is 41.4 Å². The zero-order chi connectivity index (χ0) is 16.9. The fraction of sp³-hybridized carbons (Fsp3) is 0.412. The fourth-order valence-electron chi connectivity index (χ4n) is 2.76. The Morgan fingerprint density at radius 3 is 2.96 bits per heavy atom. The summed E-state index contributed by atoms with van der Waals surface area (Å²) in [6, 6.07) is 5.47. The standard InChI is InChI=1S/C17H18N4O3/c1-12-15(10-20-24-12)17(22)21-7-4-13(5-8-21)11-23-16-14(9-18)3-2-6-19-16/h2-3,6,10,13H,4-5,7-8,11H2,1H3. The minimum Gasteiger partial charge on any atom is -0.476 e. The highest BCUT2D eigenvalue weighted by molar-refractivity contribution is 5.94. The molecule has 0 spiro atoms. The van der Waals surface area contributed by atoms with E-state index in [-0.39, 0.29) is 5.91 Å². The molecule has 0 saturated carbocycles. The third kappa shape index (κ3) is 3.38. The number of aromatic nitrogens is 2. The van der Waals surface area contributed by atoms with Crippen LogP contribution in [0.1, 0.15) is 34.5 Å². The Balaban J connectivity index is 1.52. The predicted octanol–water partition coefficient (Wildman–Crippen LogP) is 2.18. The molecule has 0 N–H and O–H groups in total. The number of nitrogens with zero attached hydrogens (tertiary/aromatic N) is 4. The molecule has 0 atom stereocenters. The molecule has 1 aliphatic heterocycles. The number of carbonyl (C=O) groups is 1. The van der Waals surface area contributed by atoms with Crippen LogP contribution >= 0.6 is 0 Å². The van der Waals surface area contributed by atoms with Crippen molar-refractivity contribution in [3.63, 3.8) is 0 Å². The summed E-state index contributed by atoms with van der Waals surface area (Å²) in [5.74, 6) is 1.22. The largest absolute Gasteiger partial charge is 0.476 e. The number of hydrogen-bond donors (Lipinski definition) is 0. The van der Waals surface area contributed by atoms with Gasteiger partial charge in [0.2, 0.25) is 5.88 Å². The summed E-state index contributed by atoms with van der Waals surface area (Å²) in [4.78, 5) is 18.3. The van der Waals surface area contributed by atoms with E-state index in [1.807, 2.05) is 4.90 Å². The van der Waals surface area contributed by atoms with E-state index < -0.39 is 0 Å². The second-order valence-electron chi connectivity index (χ2n) is 5.81. The van der Waals surface area contributed by atoms with E-state index in [0.717, 1.165) is 12.8 Å². The minimum absolute atomic E-state index is 0.0374. The molecule has 24 heavy (non-hydrogen) atoms. The lowest BCUT2D eigenvalue weighted by Crippen LogP contribution is -2.39. The second-order valence-corrected chi connectivity index (χ2v) is 5.81. The summed E-state index contributed by atoms with van der Waals surface area (Å²) < 4.78 is 10.6. The molecular weight excluding hydrogens is 308 g/mol. The summed E-state index contributed by atoms with van der Waals surface area (Å²) >= 11 is 0. The van der Waals surface area contributed by atoms with Crippen molar-refractivity contribution in [2.75, 3.05) is 19.7 Å². The van der Waals surface area contributed by atoms with E-state index in [1.165, 1.54) is 6.20 Å². The molecule has 1 saturated heterocycles. The highest BCUT2D eigenvalue weighted by Gasteiger charge is 2.26. The lowest BCUT2D eigenvalue weighted by atomic mass is 9.97. The van der Waals surface area contributed by atoms with Crippen LogP contribution in [0.25, 0.3) is 0 Å². The Labute approximate surface area is 139 Å². The lowest BCUT2D eigenvalue weighted by molar-refractivity contribution is 0.0657. The van der Waals surface area contributed by atoms with Crippen molar-refractivity contribution in [1.29, 1.82) is 5.26 Å². The van der Waals surface area contributed by atoms with Gasteiger partial charge in [-0.25, -0.2) is 4.98 Å². The van der Waals surface area contributed by atoms with Gasteiger partial charge in [0.25, 0.3) is 5.91 Å². The zero-order valence-electron chi connectivity index (χ0n) is 13.4. The summed E-state index contributed by atoms with van der Waals surface area (Å²) in [5, 5.41) is 12.7. The Kier molecular flexibility index (Phi) is 4.75. The van der Waals surface area contributed by atoms with Crippen molar-refractivity contribution in [1.82, 2.24) is 15.0 Å². The first-order chi connectivity index (χ1) is 11.7. The summed E-state index contributed by atoms with van der Waals surface area (Å²) in [5.41, 5.74) is 0.963. The Hall–Kier alpha value is -2.88. The van der Waals surface area contributed by atoms with Gasteiger partial charge in [0.15, 0.2) is 0 Å². The molecule has 0 bridgehead atoms. The Morgan fingerprint density at radius 2 is 2.29 bits per heavy atom. The van der Waals surface area contributed by atoms with Crippen LogP contribution in [0.4, 0.5) is 0 Å². The first-order valence-corrected chi connectivity index (χ1v) is 7.87. The van der Waals surface area contributed by atoms with Gasteiger partial charge in [-0.15, -0.1) is 0 Å². The average Bonchev–Trinajstić information content (AvgIpc) is 3.06. The molecule has 1 fully saturated rings. The summed E-state index contributed by atoms with van der Waals surface area (Å²) in [7, 11) is 0. The van der Waals surface area contributed by atoms with Crippen LogP contribution < -0.4 is 4.74 Å². The van der Waals surface area contributed by atoms with Gasteiger partial charge < -0.3 is 14.2 Å². The van der Waals surface area contributed by atoms with E-state index in [2.05, 4.69) is 16.2 Å². The number of ether oxygens (including phenoxy) is 1. The minimum atomic E-state index is -0.0374. The predicted molar refractivity (Wildman–Crippen MR) is 84.3 cm³/mol. The summed E-state index contributed by atoms with van der Waals surface area (Å²) in [6.45, 7) is 3.58. The number of carbonyl (C=O) groups excluding carboxylic acids is 1. The number of likely N-dealkylation sites (tertiary alicyclic amines) is 1. The molecule has 7 nitrogen and oxygen atoms in total. The molecule has 3 rings (SSSR count). The van der Waals surface area contributed by atoms with Crippen LogP contribution in [0.2, 0.25) is 0 Å². The Bertz CT molecular complexity index is 757. The zero-order valence-corrected chi connectivity index (χ0v) is 13.4. The van der Waals surface area contributed by atoms with Crippen LogP contribution in [-0.4, -0.2) is 40.6 Å². The molecule has 0 aliphatic carbocycles. The smallest absolute Gasteiger partial charge is 0.259 e. The number of aryl methyl sites for hydroxylation is 1. The van der Waals surface area contributed by atoms with Crippen LogP contribution in [0, 0.1) is 24.2 Å². The summed E-state index contributed by atoms with van der Waals surface area (Å²) in [6.07, 6.45) is 4.78. The number of hydrogen-bond acceptors (Lipinski definition) is 6. The third-order valence-electron chi connectivity index (χ3n) is 4.23. The molecule has 1 amide bonds. The first-order valence-electron chi connectivity index (χ1n) is 7.87. The number of pyridine rings is 1. The van der Waals surface area contributed by atoms with Crippen LogP contribution in [0.3, 0.4) is 0 Å². The monoisotopic (exact) mass is 326 g/mol. The lowest BCUT2D eigenvalue weighted by Gasteiger charge is -2.31. The van der Waals surface area contributed by atoms with E-state index >= 15 is 0 Å². The van der Waals surface area contributed by atoms with Gasteiger partial charge >= 0.3 is 0 Å². The van der Waals surface area contributed by atoms with Crippen molar-refractivity contribution in [2.45, 2.75) is 19.8 Å². The fourth-order valence-corrected chi connectivity index (χ4v) is 2.76. The average molecular weight is 326 g/mol. The van der Waals surface area contributed by atoms with Crippen LogP contribution in [-0.2, 0) is 0 Å². The third-order valence-corrected chi connectivity index (χ3v) is 4.23. The van der Waals surface area contributed by atoms with Crippen molar-refractivity contribution < 1.29 is 14.1 Å². The van der Waals surface area contributed by atoms with E-state index in [4.69, 9.17) is 14.5 Å². The van der Waals surface area contributed by atoms with E-state index in [9.17, 15) is 4.79 Å². The molecule has 3 heterocycles. The maximum absolute atomic E-state index is 12.4. The maximum atomic E-state index is 12.4. The van der Waals surface area contributed by atoms with Crippen molar-refractivity contribution >= 4 is 5.91 Å². The van der Waals surface area contributed by atoms with Crippen LogP contribution in [0.15, 0.2) is 29.0 Å². The normalized spacial score (nSPS) is 15.1. The number of piperidine rings is 1. The molecule has 2 aromatic heterocycles. The second kappa shape index (κ2) is 7.13. The molecule has 0 unspecified atom stereocenters. The van der Waals surface area contributed by atoms with E-state index in [0.29, 0.717) is 48.4 Å². The molecule has 0 aromatic carbocycles. The quantitative estimate of drug-likeness (QED) is 0.855. The Morgan fingerprint density at radius 1 is 1.50 bits per heavy atom. The van der Waals surface area contributed by atoms with Crippen LogP contribution in [0.5, 0.6) is 5.88 Å². The molecule has 0 radical (unpaired) electrons. The van der Waals surface area contributed by atoms with Gasteiger partial charge in [0, 0.05) is 19.3 Å². The molecule has 2 aromatic rings. The van der Waals surface area contributed by atoms with Gasteiger partial charge in [0.05, 0.1) is 12.8 Å².